The molecule has 19 heavy (non-hydrogen) atoms. The molecular weight excluding hydrogens is 242 g/mol. The summed E-state index contributed by atoms with van der Waals surface area (Å²) in [6.45, 7) is 2.66. The van der Waals surface area contributed by atoms with Gasteiger partial charge >= 0.3 is 0 Å². The monoisotopic (exact) mass is 261 g/mol. The summed E-state index contributed by atoms with van der Waals surface area (Å²) in [4.78, 5) is 12.1. The van der Waals surface area contributed by atoms with Gasteiger partial charge in [0, 0.05) is 12.3 Å². The van der Waals surface area contributed by atoms with E-state index < -0.39 is 0 Å². The van der Waals surface area contributed by atoms with Crippen molar-refractivity contribution in [2.45, 2.75) is 26.2 Å². The topological polar surface area (TPSA) is 58.6 Å². The first-order valence-corrected chi connectivity index (χ1v) is 6.54. The van der Waals surface area contributed by atoms with Gasteiger partial charge < -0.3 is 15.2 Å². The summed E-state index contributed by atoms with van der Waals surface area (Å²) in [5.41, 5.74) is 2.54. The number of hydrogen-bond acceptors (Lipinski definition) is 3. The summed E-state index contributed by atoms with van der Waals surface area (Å²) in [6.07, 6.45) is 2.28. The standard InChI is InChI=1S/C15H19NO3/c1-11-14(3-2-10-19-11)15(18)16-13-6-4-12(5-7-13)8-9-17/h4-7,17H,2-3,8-10H2,1H3,(H,16,18). The highest BCUT2D eigenvalue weighted by Crippen LogP contribution is 2.20. The molecule has 0 aliphatic carbocycles. The van der Waals surface area contributed by atoms with Crippen molar-refractivity contribution in [3.63, 3.8) is 0 Å². The fourth-order valence-corrected chi connectivity index (χ4v) is 2.10. The van der Waals surface area contributed by atoms with Crippen molar-refractivity contribution in [2.75, 3.05) is 18.5 Å². The number of nitrogens with one attached hydrogen (secondary N) is 1. The highest BCUT2D eigenvalue weighted by molar-refractivity contribution is 6.04. The summed E-state index contributed by atoms with van der Waals surface area (Å²) in [6, 6.07) is 7.51. The summed E-state index contributed by atoms with van der Waals surface area (Å²) in [5.74, 6) is 0.632. The SMILES string of the molecule is CC1=C(C(=O)Nc2ccc(CCO)cc2)CCCO1. The largest absolute Gasteiger partial charge is 0.498 e. The van der Waals surface area contributed by atoms with Crippen molar-refractivity contribution >= 4 is 11.6 Å². The third kappa shape index (κ3) is 3.58. The third-order valence-electron chi connectivity index (χ3n) is 3.20. The van der Waals surface area contributed by atoms with Crippen LogP contribution in [0, 0.1) is 0 Å². The van der Waals surface area contributed by atoms with Crippen LogP contribution in [-0.2, 0) is 16.0 Å². The number of aliphatic hydroxyl groups excluding tert-OH is 1. The zero-order valence-electron chi connectivity index (χ0n) is 11.1. The Labute approximate surface area is 113 Å². The molecule has 0 unspecified atom stereocenters. The predicted molar refractivity (Wildman–Crippen MR) is 73.7 cm³/mol. The van der Waals surface area contributed by atoms with Crippen LogP contribution in [0.4, 0.5) is 5.69 Å². The molecule has 0 aromatic heterocycles. The fourth-order valence-electron chi connectivity index (χ4n) is 2.10. The number of allylic oxidation sites excluding steroid dienone is 1. The number of aliphatic hydroxyl groups is 1. The van der Waals surface area contributed by atoms with Crippen molar-refractivity contribution < 1.29 is 14.6 Å². The number of carbonyl (C=O) groups is 1. The van der Waals surface area contributed by atoms with E-state index in [-0.39, 0.29) is 12.5 Å². The number of hydrogen-bond donors (Lipinski definition) is 2. The van der Waals surface area contributed by atoms with E-state index in [1.54, 1.807) is 0 Å². The van der Waals surface area contributed by atoms with Gasteiger partial charge in [-0.15, -0.1) is 0 Å². The van der Waals surface area contributed by atoms with Crippen LogP contribution in [0.3, 0.4) is 0 Å². The molecule has 1 heterocycles. The molecule has 1 aliphatic heterocycles. The number of anilines is 1. The quantitative estimate of drug-likeness (QED) is 0.874. The zero-order valence-corrected chi connectivity index (χ0v) is 11.1. The van der Waals surface area contributed by atoms with Crippen LogP contribution in [-0.4, -0.2) is 24.2 Å². The van der Waals surface area contributed by atoms with Gasteiger partial charge in [-0.2, -0.15) is 0 Å². The Morgan fingerprint density at radius 1 is 1.37 bits per heavy atom. The van der Waals surface area contributed by atoms with Crippen LogP contribution in [0.2, 0.25) is 0 Å². The molecule has 4 heteroatoms. The van der Waals surface area contributed by atoms with Crippen LogP contribution in [0.15, 0.2) is 35.6 Å². The van der Waals surface area contributed by atoms with Gasteiger partial charge in [0.15, 0.2) is 0 Å². The minimum Gasteiger partial charge on any atom is -0.498 e. The molecule has 0 bridgehead atoms. The lowest BCUT2D eigenvalue weighted by Gasteiger charge is -2.18. The van der Waals surface area contributed by atoms with Crippen molar-refractivity contribution in [1.29, 1.82) is 0 Å². The molecule has 2 N–H and O–H groups in total. The highest BCUT2D eigenvalue weighted by Gasteiger charge is 2.17. The van der Waals surface area contributed by atoms with Gasteiger partial charge in [-0.05, 0) is 43.9 Å². The van der Waals surface area contributed by atoms with Crippen molar-refractivity contribution in [3.8, 4) is 0 Å². The summed E-state index contributed by atoms with van der Waals surface area (Å²) in [7, 11) is 0. The Morgan fingerprint density at radius 3 is 2.74 bits per heavy atom. The first-order valence-electron chi connectivity index (χ1n) is 6.54. The Balaban J connectivity index is 2.02. The molecule has 0 spiro atoms. The van der Waals surface area contributed by atoms with E-state index in [9.17, 15) is 4.79 Å². The Morgan fingerprint density at radius 2 is 2.11 bits per heavy atom. The summed E-state index contributed by atoms with van der Waals surface area (Å²) >= 11 is 0. The molecule has 4 nitrogen and oxygen atoms in total. The number of rotatable bonds is 4. The number of carbonyl (C=O) groups excluding carboxylic acids is 1. The molecule has 102 valence electrons. The Bertz CT molecular complexity index is 477. The number of benzene rings is 1. The second-order valence-corrected chi connectivity index (χ2v) is 4.61. The molecule has 0 atom stereocenters. The lowest BCUT2D eigenvalue weighted by atomic mass is 10.1. The molecule has 1 amide bonds. The van der Waals surface area contributed by atoms with Crippen LogP contribution in [0.5, 0.6) is 0 Å². The highest BCUT2D eigenvalue weighted by atomic mass is 16.5. The van der Waals surface area contributed by atoms with Gasteiger partial charge in [0.1, 0.15) is 5.76 Å². The van der Waals surface area contributed by atoms with Crippen LogP contribution < -0.4 is 5.32 Å². The van der Waals surface area contributed by atoms with Gasteiger partial charge in [-0.1, -0.05) is 12.1 Å². The lowest BCUT2D eigenvalue weighted by Crippen LogP contribution is -2.19. The lowest BCUT2D eigenvalue weighted by molar-refractivity contribution is -0.113. The Kier molecular flexibility index (Phi) is 4.58. The van der Waals surface area contributed by atoms with Crippen LogP contribution >= 0.6 is 0 Å². The molecular formula is C15H19NO3. The number of amides is 1. The van der Waals surface area contributed by atoms with Gasteiger partial charge in [0.2, 0.25) is 0 Å². The first-order chi connectivity index (χ1) is 9.20. The Hall–Kier alpha value is -1.81. The normalized spacial score (nSPS) is 15.1. The molecule has 0 fully saturated rings. The summed E-state index contributed by atoms with van der Waals surface area (Å²) < 4.78 is 5.39. The average molecular weight is 261 g/mol. The van der Waals surface area contributed by atoms with Gasteiger partial charge in [-0.25, -0.2) is 0 Å². The fraction of sp³-hybridized carbons (Fsp3) is 0.400. The van der Waals surface area contributed by atoms with Crippen molar-refractivity contribution in [1.82, 2.24) is 0 Å². The van der Waals surface area contributed by atoms with Gasteiger partial charge in [-0.3, -0.25) is 4.79 Å². The molecule has 0 saturated carbocycles. The molecule has 1 aliphatic rings. The molecule has 1 aromatic rings. The predicted octanol–water partition coefficient (Wildman–Crippen LogP) is 2.24. The van der Waals surface area contributed by atoms with E-state index in [4.69, 9.17) is 9.84 Å². The van der Waals surface area contributed by atoms with E-state index >= 15 is 0 Å². The maximum atomic E-state index is 12.1. The van der Waals surface area contributed by atoms with Gasteiger partial charge in [0.05, 0.1) is 12.2 Å². The molecule has 2 rings (SSSR count). The zero-order chi connectivity index (χ0) is 13.7. The molecule has 0 radical (unpaired) electrons. The molecule has 1 aromatic carbocycles. The van der Waals surface area contributed by atoms with E-state index in [0.717, 1.165) is 35.4 Å². The van der Waals surface area contributed by atoms with E-state index in [0.29, 0.717) is 13.0 Å². The maximum Gasteiger partial charge on any atom is 0.254 e. The average Bonchev–Trinajstić information content (AvgIpc) is 2.42. The van der Waals surface area contributed by atoms with E-state index in [2.05, 4.69) is 5.32 Å². The molecule has 0 saturated heterocycles. The first kappa shape index (κ1) is 13.6. The van der Waals surface area contributed by atoms with Crippen molar-refractivity contribution in [2.24, 2.45) is 0 Å². The second kappa shape index (κ2) is 6.38. The number of ether oxygens (including phenoxy) is 1. The third-order valence-corrected chi connectivity index (χ3v) is 3.20. The van der Waals surface area contributed by atoms with Crippen molar-refractivity contribution in [3.05, 3.63) is 41.2 Å². The van der Waals surface area contributed by atoms with Gasteiger partial charge in [0.25, 0.3) is 5.91 Å². The van der Waals surface area contributed by atoms with Crippen LogP contribution in [0.1, 0.15) is 25.3 Å². The smallest absolute Gasteiger partial charge is 0.254 e. The maximum absolute atomic E-state index is 12.1. The van der Waals surface area contributed by atoms with Crippen LogP contribution in [0.25, 0.3) is 0 Å². The minimum atomic E-state index is -0.0906. The minimum absolute atomic E-state index is 0.0906. The van der Waals surface area contributed by atoms with E-state index in [1.165, 1.54) is 0 Å². The van der Waals surface area contributed by atoms with E-state index in [1.807, 2.05) is 31.2 Å². The second-order valence-electron chi connectivity index (χ2n) is 4.61. The summed E-state index contributed by atoms with van der Waals surface area (Å²) in [5, 5.41) is 11.7.